The molecule has 1 heterocycles. The lowest BCUT2D eigenvalue weighted by molar-refractivity contribution is 0.194. The van der Waals surface area contributed by atoms with Crippen LogP contribution in [0.15, 0.2) is 36.4 Å². The number of benzene rings is 1. The van der Waals surface area contributed by atoms with Crippen LogP contribution < -0.4 is 0 Å². The highest BCUT2D eigenvalue weighted by Crippen LogP contribution is 2.16. The number of H-pyrrole nitrogens is 1. The monoisotopic (exact) mass is 260 g/mol. The Morgan fingerprint density at radius 3 is 2.78 bits per heavy atom. The van der Waals surface area contributed by atoms with Gasteiger partial charge in [-0.3, -0.25) is 0 Å². The molecule has 0 aliphatic heterocycles. The third-order valence-corrected chi connectivity index (χ3v) is 2.85. The van der Waals surface area contributed by atoms with Crippen molar-refractivity contribution in [3.8, 4) is 11.3 Å². The Bertz CT molecular complexity index is 551. The summed E-state index contributed by atoms with van der Waals surface area (Å²) in [6.45, 7) is 0.734. The Morgan fingerprint density at radius 2 is 2.06 bits per heavy atom. The molecule has 0 radical (unpaired) electrons. The SMILES string of the molecule is COCCCc1nc(=S)cc(-c2ccccc2)[nH]1. The molecule has 1 aromatic heterocycles. The quantitative estimate of drug-likeness (QED) is 0.661. The van der Waals surface area contributed by atoms with Gasteiger partial charge >= 0.3 is 0 Å². The van der Waals surface area contributed by atoms with Gasteiger partial charge < -0.3 is 9.72 Å². The van der Waals surface area contributed by atoms with Crippen molar-refractivity contribution in [2.45, 2.75) is 12.8 Å². The number of methoxy groups -OCH3 is 1. The summed E-state index contributed by atoms with van der Waals surface area (Å²) in [5.74, 6) is 0.915. The standard InChI is InChI=1S/C14H16N2OS/c1-17-9-5-8-13-15-12(10-14(18)16-13)11-6-3-2-4-7-11/h2-4,6-7,10H,5,8-9H2,1H3,(H,15,16,18). The van der Waals surface area contributed by atoms with Gasteiger partial charge in [-0.1, -0.05) is 42.5 Å². The average molecular weight is 260 g/mol. The van der Waals surface area contributed by atoms with Crippen LogP contribution in [-0.4, -0.2) is 23.7 Å². The molecule has 0 aliphatic rings. The van der Waals surface area contributed by atoms with Crippen molar-refractivity contribution in [3.05, 3.63) is 46.9 Å². The first kappa shape index (κ1) is 12.9. The zero-order valence-electron chi connectivity index (χ0n) is 10.3. The largest absolute Gasteiger partial charge is 0.385 e. The zero-order chi connectivity index (χ0) is 12.8. The van der Waals surface area contributed by atoms with E-state index >= 15 is 0 Å². The summed E-state index contributed by atoms with van der Waals surface area (Å²) >= 11 is 5.20. The molecular formula is C14H16N2OS. The summed E-state index contributed by atoms with van der Waals surface area (Å²) in [6, 6.07) is 12.0. The molecule has 0 atom stereocenters. The van der Waals surface area contributed by atoms with Crippen LogP contribution in [-0.2, 0) is 11.2 Å². The van der Waals surface area contributed by atoms with Crippen LogP contribution in [0.1, 0.15) is 12.2 Å². The van der Waals surface area contributed by atoms with E-state index in [0.29, 0.717) is 4.64 Å². The maximum absolute atomic E-state index is 5.20. The van der Waals surface area contributed by atoms with Crippen molar-refractivity contribution in [1.29, 1.82) is 0 Å². The smallest absolute Gasteiger partial charge is 0.130 e. The number of aryl methyl sites for hydroxylation is 1. The highest BCUT2D eigenvalue weighted by molar-refractivity contribution is 7.71. The van der Waals surface area contributed by atoms with E-state index in [2.05, 4.69) is 22.1 Å². The van der Waals surface area contributed by atoms with Gasteiger partial charge in [-0.05, 0) is 18.1 Å². The molecule has 0 spiro atoms. The Balaban J connectivity index is 2.24. The minimum atomic E-state index is 0.625. The molecule has 1 aromatic carbocycles. The predicted octanol–water partition coefficient (Wildman–Crippen LogP) is 3.39. The van der Waals surface area contributed by atoms with Crippen molar-refractivity contribution in [3.63, 3.8) is 0 Å². The molecule has 3 nitrogen and oxygen atoms in total. The third kappa shape index (κ3) is 3.48. The molecule has 0 saturated carbocycles. The summed E-state index contributed by atoms with van der Waals surface area (Å²) in [5, 5.41) is 0. The van der Waals surface area contributed by atoms with Crippen molar-refractivity contribution in [2.24, 2.45) is 0 Å². The third-order valence-electron chi connectivity index (χ3n) is 2.64. The van der Waals surface area contributed by atoms with E-state index in [4.69, 9.17) is 17.0 Å². The average Bonchev–Trinajstić information content (AvgIpc) is 2.39. The molecule has 0 bridgehead atoms. The highest BCUT2D eigenvalue weighted by atomic mass is 32.1. The summed E-state index contributed by atoms with van der Waals surface area (Å²) in [6.07, 6.45) is 1.78. The molecule has 0 unspecified atom stereocenters. The molecule has 0 saturated heterocycles. The first-order valence-electron chi connectivity index (χ1n) is 5.94. The van der Waals surface area contributed by atoms with Crippen LogP contribution in [0.4, 0.5) is 0 Å². The number of rotatable bonds is 5. The van der Waals surface area contributed by atoms with Crippen LogP contribution in [0.3, 0.4) is 0 Å². The van der Waals surface area contributed by atoms with Crippen LogP contribution in [0.25, 0.3) is 11.3 Å². The Hall–Kier alpha value is -1.52. The summed E-state index contributed by atoms with van der Waals surface area (Å²) < 4.78 is 5.67. The lowest BCUT2D eigenvalue weighted by Crippen LogP contribution is -2.00. The van der Waals surface area contributed by atoms with Gasteiger partial charge in [0.05, 0.1) is 0 Å². The summed E-state index contributed by atoms with van der Waals surface area (Å²) in [5.41, 5.74) is 2.14. The molecular weight excluding hydrogens is 244 g/mol. The minimum absolute atomic E-state index is 0.625. The van der Waals surface area contributed by atoms with Gasteiger partial charge in [0.1, 0.15) is 10.5 Å². The molecule has 2 rings (SSSR count). The van der Waals surface area contributed by atoms with Crippen molar-refractivity contribution in [2.75, 3.05) is 13.7 Å². The molecule has 0 amide bonds. The maximum Gasteiger partial charge on any atom is 0.130 e. The van der Waals surface area contributed by atoms with E-state index in [1.807, 2.05) is 24.3 Å². The fourth-order valence-corrected chi connectivity index (χ4v) is 2.01. The number of hydrogen-bond donors (Lipinski definition) is 1. The second-order valence-electron chi connectivity index (χ2n) is 4.04. The highest BCUT2D eigenvalue weighted by Gasteiger charge is 2.01. The first-order chi connectivity index (χ1) is 8.79. The molecule has 2 aromatic rings. The number of ether oxygens (including phenoxy) is 1. The van der Waals surface area contributed by atoms with Crippen LogP contribution >= 0.6 is 12.2 Å². The van der Waals surface area contributed by atoms with E-state index < -0.39 is 0 Å². The summed E-state index contributed by atoms with van der Waals surface area (Å²) in [4.78, 5) is 7.66. The molecule has 94 valence electrons. The van der Waals surface area contributed by atoms with E-state index in [1.54, 1.807) is 7.11 Å². The number of aromatic nitrogens is 2. The lowest BCUT2D eigenvalue weighted by atomic mass is 10.1. The van der Waals surface area contributed by atoms with E-state index in [9.17, 15) is 0 Å². The van der Waals surface area contributed by atoms with Crippen molar-refractivity contribution in [1.82, 2.24) is 9.97 Å². The van der Waals surface area contributed by atoms with Crippen molar-refractivity contribution < 1.29 is 4.74 Å². The number of hydrogen-bond acceptors (Lipinski definition) is 3. The van der Waals surface area contributed by atoms with E-state index in [1.165, 1.54) is 0 Å². The van der Waals surface area contributed by atoms with Gasteiger partial charge in [-0.25, -0.2) is 4.98 Å². The number of nitrogens with zero attached hydrogens (tertiary/aromatic N) is 1. The second kappa shape index (κ2) is 6.42. The maximum atomic E-state index is 5.20. The Morgan fingerprint density at radius 1 is 1.28 bits per heavy atom. The van der Waals surface area contributed by atoms with Gasteiger partial charge in [0.15, 0.2) is 0 Å². The summed E-state index contributed by atoms with van der Waals surface area (Å²) in [7, 11) is 1.70. The normalized spacial score (nSPS) is 10.5. The van der Waals surface area contributed by atoms with Crippen molar-refractivity contribution >= 4 is 12.2 Å². The number of nitrogens with one attached hydrogen (secondary N) is 1. The molecule has 1 N–H and O–H groups in total. The lowest BCUT2D eigenvalue weighted by Gasteiger charge is -2.06. The molecule has 18 heavy (non-hydrogen) atoms. The van der Waals surface area contributed by atoms with Crippen LogP contribution in [0.5, 0.6) is 0 Å². The molecule has 0 fully saturated rings. The Labute approximate surface area is 112 Å². The molecule has 0 aliphatic carbocycles. The van der Waals surface area contributed by atoms with E-state index in [0.717, 1.165) is 36.5 Å². The van der Waals surface area contributed by atoms with Crippen LogP contribution in [0, 0.1) is 4.64 Å². The minimum Gasteiger partial charge on any atom is -0.385 e. The van der Waals surface area contributed by atoms with Gasteiger partial charge in [0, 0.05) is 25.8 Å². The fourth-order valence-electron chi connectivity index (χ4n) is 1.78. The van der Waals surface area contributed by atoms with E-state index in [-0.39, 0.29) is 0 Å². The molecule has 4 heteroatoms. The first-order valence-corrected chi connectivity index (χ1v) is 6.35. The number of aromatic amines is 1. The fraction of sp³-hybridized carbons (Fsp3) is 0.286. The predicted molar refractivity (Wildman–Crippen MR) is 75.1 cm³/mol. The topological polar surface area (TPSA) is 37.9 Å². The van der Waals surface area contributed by atoms with Gasteiger partial charge in [-0.15, -0.1) is 0 Å². The van der Waals surface area contributed by atoms with Gasteiger partial charge in [0.25, 0.3) is 0 Å². The second-order valence-corrected chi connectivity index (χ2v) is 4.46. The zero-order valence-corrected chi connectivity index (χ0v) is 11.2. The van der Waals surface area contributed by atoms with Gasteiger partial charge in [-0.2, -0.15) is 0 Å². The Kier molecular flexibility index (Phi) is 4.61. The van der Waals surface area contributed by atoms with Gasteiger partial charge in [0.2, 0.25) is 0 Å². The van der Waals surface area contributed by atoms with Crippen LogP contribution in [0.2, 0.25) is 0 Å².